The molecule has 0 saturated carbocycles. The minimum atomic E-state index is 0.659. The maximum Gasteiger partial charge on any atom is 0.122 e. The molecule has 0 radical (unpaired) electrons. The number of rotatable bonds is 5. The van der Waals surface area contributed by atoms with Gasteiger partial charge in [-0.3, -0.25) is 0 Å². The zero-order chi connectivity index (χ0) is 17.1. The molecule has 0 aliphatic rings. The molecule has 0 spiro atoms. The first kappa shape index (κ1) is 16.1. The van der Waals surface area contributed by atoms with E-state index in [4.69, 9.17) is 4.74 Å². The zero-order valence-corrected chi connectivity index (χ0v) is 14.3. The largest absolute Gasteiger partial charge is 0.494 e. The van der Waals surface area contributed by atoms with E-state index in [-0.39, 0.29) is 0 Å². The van der Waals surface area contributed by atoms with E-state index in [2.05, 4.69) is 62.5 Å². The van der Waals surface area contributed by atoms with Gasteiger partial charge in [0.2, 0.25) is 0 Å². The molecule has 0 unspecified atom stereocenters. The van der Waals surface area contributed by atoms with Gasteiger partial charge in [-0.2, -0.15) is 0 Å². The van der Waals surface area contributed by atoms with Gasteiger partial charge in [0, 0.05) is 0 Å². The molecule has 1 heteroatoms. The van der Waals surface area contributed by atoms with Crippen LogP contribution in [0.25, 0.3) is 34.1 Å². The lowest BCUT2D eigenvalue weighted by Crippen LogP contribution is -1.97. The van der Waals surface area contributed by atoms with Gasteiger partial charge in [-0.15, -0.1) is 0 Å². The lowest BCUT2D eigenvalue weighted by atomic mass is 9.87. The molecule has 24 heavy (non-hydrogen) atoms. The Bertz CT molecular complexity index is 919. The molecule has 0 heterocycles. The van der Waals surface area contributed by atoms with Crippen molar-refractivity contribution >= 4 is 22.9 Å². The van der Waals surface area contributed by atoms with E-state index in [9.17, 15) is 0 Å². The van der Waals surface area contributed by atoms with E-state index in [0.29, 0.717) is 6.61 Å². The Morgan fingerprint density at radius 2 is 1.79 bits per heavy atom. The van der Waals surface area contributed by atoms with E-state index in [0.717, 1.165) is 22.4 Å². The molecule has 3 aromatic rings. The molecular formula is C23H22O. The minimum Gasteiger partial charge on any atom is -0.494 e. The van der Waals surface area contributed by atoms with Crippen molar-refractivity contribution < 1.29 is 4.74 Å². The maximum absolute atomic E-state index is 5.79. The molecule has 0 saturated heterocycles. The molecule has 0 aliphatic heterocycles. The Kier molecular flexibility index (Phi) is 4.52. The molecule has 1 nitrogen and oxygen atoms in total. The van der Waals surface area contributed by atoms with Gasteiger partial charge in [-0.25, -0.2) is 0 Å². The van der Waals surface area contributed by atoms with Crippen molar-refractivity contribution in [1.29, 1.82) is 0 Å². The van der Waals surface area contributed by atoms with Crippen LogP contribution in [-0.4, -0.2) is 6.61 Å². The number of ether oxygens (including phenoxy) is 1. The first-order chi connectivity index (χ1) is 11.7. The van der Waals surface area contributed by atoms with Gasteiger partial charge in [0.25, 0.3) is 0 Å². The molecular weight excluding hydrogens is 292 g/mol. The summed E-state index contributed by atoms with van der Waals surface area (Å²) in [6.07, 6.45) is 3.82. The fraction of sp³-hybridized carbons (Fsp3) is 0.130. The van der Waals surface area contributed by atoms with Crippen LogP contribution in [0.3, 0.4) is 0 Å². The van der Waals surface area contributed by atoms with Crippen LogP contribution >= 0.6 is 0 Å². The predicted octanol–water partition coefficient (Wildman–Crippen LogP) is 6.50. The molecule has 0 atom stereocenters. The summed E-state index contributed by atoms with van der Waals surface area (Å²) < 4.78 is 5.79. The van der Waals surface area contributed by atoms with Gasteiger partial charge in [0.1, 0.15) is 5.75 Å². The van der Waals surface area contributed by atoms with Crippen LogP contribution in [0, 0.1) is 6.92 Å². The number of benzene rings is 3. The summed E-state index contributed by atoms with van der Waals surface area (Å²) in [5.41, 5.74) is 5.72. The van der Waals surface area contributed by atoms with Crippen molar-refractivity contribution in [3.05, 3.63) is 78.4 Å². The van der Waals surface area contributed by atoms with Crippen LogP contribution in [0.2, 0.25) is 0 Å². The zero-order valence-electron chi connectivity index (χ0n) is 14.3. The molecule has 0 amide bonds. The number of fused-ring (bicyclic) bond motifs is 1. The van der Waals surface area contributed by atoms with E-state index >= 15 is 0 Å². The topological polar surface area (TPSA) is 9.23 Å². The lowest BCUT2D eigenvalue weighted by Gasteiger charge is -2.18. The standard InChI is InChI=1S/C23H22O/c1-5-17-15-18-11-8-9-12-21(18)23(19(17)6-2)20-13-10-14-22(16(20)4)24-7-3/h5-6,8-15H,1-2,7H2,3-4H3. The highest BCUT2D eigenvalue weighted by Gasteiger charge is 2.15. The second kappa shape index (κ2) is 6.76. The molecule has 0 bridgehead atoms. The Hall–Kier alpha value is -2.80. The average Bonchev–Trinajstić information content (AvgIpc) is 2.62. The molecule has 0 aromatic heterocycles. The van der Waals surface area contributed by atoms with Gasteiger partial charge in [0.15, 0.2) is 0 Å². The summed E-state index contributed by atoms with van der Waals surface area (Å²) in [7, 11) is 0. The third-order valence-corrected chi connectivity index (χ3v) is 4.40. The van der Waals surface area contributed by atoms with E-state index in [1.807, 2.05) is 25.1 Å². The summed E-state index contributed by atoms with van der Waals surface area (Å²) in [4.78, 5) is 0. The van der Waals surface area contributed by atoms with Crippen molar-refractivity contribution in [2.45, 2.75) is 13.8 Å². The van der Waals surface area contributed by atoms with Gasteiger partial charge >= 0.3 is 0 Å². The van der Waals surface area contributed by atoms with Gasteiger partial charge in [-0.05, 0) is 64.6 Å². The highest BCUT2D eigenvalue weighted by atomic mass is 16.5. The summed E-state index contributed by atoms with van der Waals surface area (Å²) in [5.74, 6) is 0.929. The summed E-state index contributed by atoms with van der Waals surface area (Å²) in [5, 5.41) is 2.42. The van der Waals surface area contributed by atoms with Gasteiger partial charge in [0.05, 0.1) is 6.61 Å². The second-order valence-corrected chi connectivity index (χ2v) is 5.75. The summed E-state index contributed by atoms with van der Waals surface area (Å²) >= 11 is 0. The Labute approximate surface area is 143 Å². The highest BCUT2D eigenvalue weighted by Crippen LogP contribution is 2.39. The lowest BCUT2D eigenvalue weighted by molar-refractivity contribution is 0.338. The fourth-order valence-electron chi connectivity index (χ4n) is 3.26. The van der Waals surface area contributed by atoms with E-state index in [1.54, 1.807) is 0 Å². The minimum absolute atomic E-state index is 0.659. The SMILES string of the molecule is C=Cc1cc2ccccc2c(-c2cccc(OCC)c2C)c1C=C. The monoisotopic (exact) mass is 314 g/mol. The second-order valence-electron chi connectivity index (χ2n) is 5.75. The Balaban J connectivity index is 2.43. The van der Waals surface area contributed by atoms with Crippen LogP contribution in [0.5, 0.6) is 5.75 Å². The molecule has 120 valence electrons. The van der Waals surface area contributed by atoms with Crippen molar-refractivity contribution in [2.75, 3.05) is 6.61 Å². The third kappa shape index (κ3) is 2.63. The first-order valence-electron chi connectivity index (χ1n) is 8.24. The van der Waals surface area contributed by atoms with E-state index < -0.39 is 0 Å². The highest BCUT2D eigenvalue weighted by molar-refractivity contribution is 6.03. The van der Waals surface area contributed by atoms with Gasteiger partial charge in [-0.1, -0.05) is 61.7 Å². The van der Waals surface area contributed by atoms with Crippen LogP contribution in [-0.2, 0) is 0 Å². The van der Waals surface area contributed by atoms with Crippen molar-refractivity contribution in [3.63, 3.8) is 0 Å². The molecule has 0 fully saturated rings. The number of hydrogen-bond acceptors (Lipinski definition) is 1. The van der Waals surface area contributed by atoms with E-state index in [1.165, 1.54) is 21.9 Å². The quantitative estimate of drug-likeness (QED) is 0.522. The van der Waals surface area contributed by atoms with Crippen LogP contribution in [0.15, 0.2) is 61.7 Å². The Morgan fingerprint density at radius 1 is 1.00 bits per heavy atom. The smallest absolute Gasteiger partial charge is 0.122 e. The van der Waals surface area contributed by atoms with Crippen molar-refractivity contribution in [3.8, 4) is 16.9 Å². The summed E-state index contributed by atoms with van der Waals surface area (Å²) in [6, 6.07) is 16.8. The molecule has 0 aliphatic carbocycles. The van der Waals surface area contributed by atoms with Crippen LogP contribution < -0.4 is 4.74 Å². The van der Waals surface area contributed by atoms with Crippen LogP contribution in [0.4, 0.5) is 0 Å². The van der Waals surface area contributed by atoms with Crippen LogP contribution in [0.1, 0.15) is 23.6 Å². The molecule has 3 aromatic carbocycles. The Morgan fingerprint density at radius 3 is 2.50 bits per heavy atom. The first-order valence-corrected chi connectivity index (χ1v) is 8.24. The predicted molar refractivity (Wildman–Crippen MR) is 105 cm³/mol. The number of hydrogen-bond donors (Lipinski definition) is 0. The normalized spacial score (nSPS) is 10.6. The fourth-order valence-corrected chi connectivity index (χ4v) is 3.26. The maximum atomic E-state index is 5.79. The summed E-state index contributed by atoms with van der Waals surface area (Å²) in [6.45, 7) is 12.8. The van der Waals surface area contributed by atoms with Crippen molar-refractivity contribution in [1.82, 2.24) is 0 Å². The van der Waals surface area contributed by atoms with Crippen molar-refractivity contribution in [2.24, 2.45) is 0 Å². The average molecular weight is 314 g/mol. The molecule has 3 rings (SSSR count). The molecule has 0 N–H and O–H groups in total. The third-order valence-electron chi connectivity index (χ3n) is 4.40. The van der Waals surface area contributed by atoms with Gasteiger partial charge < -0.3 is 4.74 Å².